The number of carbonyl (C=O) groups excluding carboxylic acids is 1. The molecule has 3 rings (SSSR count). The van der Waals surface area contributed by atoms with Gasteiger partial charge in [0.25, 0.3) is 5.69 Å². The number of nitrogens with zero attached hydrogens (tertiary/aromatic N) is 3. The van der Waals surface area contributed by atoms with Gasteiger partial charge < -0.3 is 0 Å². The molecule has 1 aromatic carbocycles. The van der Waals surface area contributed by atoms with Gasteiger partial charge in [0.2, 0.25) is 0 Å². The predicted molar refractivity (Wildman–Crippen MR) is 77.9 cm³/mol. The lowest BCUT2D eigenvalue weighted by molar-refractivity contribution is -0.384. The number of hydrogen-bond acceptors (Lipinski definition) is 5. The predicted octanol–water partition coefficient (Wildman–Crippen LogP) is 2.80. The molecule has 0 spiro atoms. The van der Waals surface area contributed by atoms with Gasteiger partial charge in [0, 0.05) is 23.1 Å². The Kier molecular flexibility index (Phi) is 2.66. The van der Waals surface area contributed by atoms with Crippen LogP contribution in [0.2, 0.25) is 0 Å². The number of aromatic nitrogens is 2. The van der Waals surface area contributed by atoms with Crippen molar-refractivity contribution in [1.82, 2.24) is 9.97 Å². The molecule has 1 aliphatic rings. The van der Waals surface area contributed by atoms with E-state index in [4.69, 9.17) is 0 Å². The molecule has 106 valence electrons. The summed E-state index contributed by atoms with van der Waals surface area (Å²) in [6.07, 6.45) is 0.839. The first-order valence-electron chi connectivity index (χ1n) is 6.50. The molecule has 0 fully saturated rings. The van der Waals surface area contributed by atoms with Crippen LogP contribution in [0.15, 0.2) is 23.8 Å². The fourth-order valence-corrected chi connectivity index (χ4v) is 2.81. The minimum Gasteiger partial charge on any atom is -0.298 e. The molecule has 1 heterocycles. The first kappa shape index (κ1) is 13.4. The monoisotopic (exact) mass is 283 g/mol. The normalized spacial score (nSPS) is 16.1. The summed E-state index contributed by atoms with van der Waals surface area (Å²) in [7, 11) is 0. The highest BCUT2D eigenvalue weighted by atomic mass is 16.6. The largest absolute Gasteiger partial charge is 0.298 e. The number of allylic oxidation sites excluding steroid dienone is 2. The molecule has 0 saturated carbocycles. The van der Waals surface area contributed by atoms with Gasteiger partial charge in [-0.3, -0.25) is 14.9 Å². The summed E-state index contributed by atoms with van der Waals surface area (Å²) >= 11 is 0. The molecule has 0 saturated heterocycles. The number of hydrogen-bond donors (Lipinski definition) is 0. The van der Waals surface area contributed by atoms with Crippen LogP contribution in [0.25, 0.3) is 16.6 Å². The number of rotatable bonds is 2. The fraction of sp³-hybridized carbons (Fsp3) is 0.267. The Morgan fingerprint density at radius 2 is 1.95 bits per heavy atom. The summed E-state index contributed by atoms with van der Waals surface area (Å²) in [5.74, 6) is 0. The van der Waals surface area contributed by atoms with E-state index >= 15 is 0 Å². The molecule has 0 bridgehead atoms. The highest BCUT2D eigenvalue weighted by Crippen LogP contribution is 2.43. The van der Waals surface area contributed by atoms with Crippen LogP contribution in [0.3, 0.4) is 0 Å². The minimum atomic E-state index is -0.496. The number of benzene rings is 1. The summed E-state index contributed by atoms with van der Waals surface area (Å²) in [6, 6.07) is 4.40. The number of carbonyl (C=O) groups is 1. The van der Waals surface area contributed by atoms with Gasteiger partial charge in [0.15, 0.2) is 0 Å². The Bertz CT molecular complexity index is 837. The van der Waals surface area contributed by atoms with Gasteiger partial charge in [0.05, 0.1) is 27.3 Å². The second-order valence-electron chi connectivity index (χ2n) is 5.63. The minimum absolute atomic E-state index is 0.0220. The summed E-state index contributed by atoms with van der Waals surface area (Å²) < 4.78 is 0. The number of non-ortho nitro benzene ring substituents is 1. The third-order valence-corrected chi connectivity index (χ3v) is 4.00. The SMILES string of the molecule is CC1=C(C=O)C(C)(C)c2nc3ccc([N+](=O)[O-])cc3nc21. The van der Waals surface area contributed by atoms with E-state index in [1.165, 1.54) is 12.1 Å². The Morgan fingerprint density at radius 3 is 2.57 bits per heavy atom. The summed E-state index contributed by atoms with van der Waals surface area (Å²) in [6.45, 7) is 5.69. The maximum absolute atomic E-state index is 11.3. The summed E-state index contributed by atoms with van der Waals surface area (Å²) in [4.78, 5) is 30.8. The van der Waals surface area contributed by atoms with E-state index in [9.17, 15) is 14.9 Å². The molecule has 0 aliphatic heterocycles. The van der Waals surface area contributed by atoms with Gasteiger partial charge in [-0.05, 0) is 32.4 Å². The number of nitro groups is 1. The van der Waals surface area contributed by atoms with Crippen molar-refractivity contribution in [1.29, 1.82) is 0 Å². The van der Waals surface area contributed by atoms with Crippen LogP contribution in [0, 0.1) is 10.1 Å². The smallest absolute Gasteiger partial charge is 0.271 e. The number of nitro benzene ring substituents is 1. The van der Waals surface area contributed by atoms with Gasteiger partial charge in [0.1, 0.15) is 6.29 Å². The van der Waals surface area contributed by atoms with Crippen molar-refractivity contribution < 1.29 is 9.72 Å². The van der Waals surface area contributed by atoms with Gasteiger partial charge in [-0.15, -0.1) is 0 Å². The van der Waals surface area contributed by atoms with Crippen LogP contribution in [-0.4, -0.2) is 21.2 Å². The van der Waals surface area contributed by atoms with Crippen LogP contribution in [0.4, 0.5) is 5.69 Å². The molecular formula is C15H13N3O3. The van der Waals surface area contributed by atoms with Crippen molar-refractivity contribution in [2.24, 2.45) is 0 Å². The molecule has 1 aromatic heterocycles. The lowest BCUT2D eigenvalue weighted by atomic mass is 9.85. The van der Waals surface area contributed by atoms with Crippen LogP contribution < -0.4 is 0 Å². The molecule has 0 unspecified atom stereocenters. The van der Waals surface area contributed by atoms with Crippen molar-refractivity contribution in [3.8, 4) is 0 Å². The molecule has 0 N–H and O–H groups in total. The van der Waals surface area contributed by atoms with E-state index in [1.54, 1.807) is 6.07 Å². The van der Waals surface area contributed by atoms with Crippen LogP contribution >= 0.6 is 0 Å². The second kappa shape index (κ2) is 4.18. The average molecular weight is 283 g/mol. The fourth-order valence-electron chi connectivity index (χ4n) is 2.81. The highest BCUT2D eigenvalue weighted by molar-refractivity contribution is 5.95. The molecule has 0 amide bonds. The topological polar surface area (TPSA) is 86.0 Å². The average Bonchev–Trinajstić information content (AvgIpc) is 2.63. The molecule has 6 heteroatoms. The second-order valence-corrected chi connectivity index (χ2v) is 5.63. The Hall–Kier alpha value is -2.63. The van der Waals surface area contributed by atoms with Crippen LogP contribution in [0.5, 0.6) is 0 Å². The molecule has 0 radical (unpaired) electrons. The maximum atomic E-state index is 11.3. The van der Waals surface area contributed by atoms with Crippen molar-refractivity contribution in [2.75, 3.05) is 0 Å². The van der Waals surface area contributed by atoms with E-state index in [2.05, 4.69) is 9.97 Å². The van der Waals surface area contributed by atoms with Crippen molar-refractivity contribution >= 4 is 28.6 Å². The van der Waals surface area contributed by atoms with Crippen LogP contribution in [-0.2, 0) is 10.2 Å². The Balaban J connectivity index is 2.32. The quantitative estimate of drug-likeness (QED) is 0.480. The zero-order valence-corrected chi connectivity index (χ0v) is 11.9. The highest BCUT2D eigenvalue weighted by Gasteiger charge is 2.38. The van der Waals surface area contributed by atoms with Crippen LogP contribution in [0.1, 0.15) is 32.2 Å². The Morgan fingerprint density at radius 1 is 1.24 bits per heavy atom. The maximum Gasteiger partial charge on any atom is 0.271 e. The number of aldehydes is 1. The Labute approximate surface area is 120 Å². The van der Waals surface area contributed by atoms with Crippen molar-refractivity contribution in [3.63, 3.8) is 0 Å². The van der Waals surface area contributed by atoms with Gasteiger partial charge in [-0.2, -0.15) is 0 Å². The molecule has 6 nitrogen and oxygen atoms in total. The standard InChI is InChI=1S/C15H13N3O3/c1-8-10(7-19)15(2,3)14-13(8)16-12-6-9(18(20)21)4-5-11(12)17-14/h4-7H,1-3H3. The van der Waals surface area contributed by atoms with Gasteiger partial charge in [-0.1, -0.05) is 0 Å². The first-order valence-corrected chi connectivity index (χ1v) is 6.50. The number of fused-ring (bicyclic) bond motifs is 2. The molecule has 21 heavy (non-hydrogen) atoms. The van der Waals surface area contributed by atoms with E-state index in [1.807, 2.05) is 20.8 Å². The summed E-state index contributed by atoms with van der Waals surface area (Å²) in [5.41, 5.74) is 3.36. The zero-order chi connectivity index (χ0) is 15.4. The van der Waals surface area contributed by atoms with E-state index in [-0.39, 0.29) is 5.69 Å². The lowest BCUT2D eigenvalue weighted by Crippen LogP contribution is -2.20. The third-order valence-electron chi connectivity index (χ3n) is 4.00. The molecule has 0 atom stereocenters. The van der Waals surface area contributed by atoms with E-state index in [0.29, 0.717) is 22.3 Å². The molecule has 1 aliphatic carbocycles. The first-order chi connectivity index (χ1) is 9.86. The van der Waals surface area contributed by atoms with Gasteiger partial charge >= 0.3 is 0 Å². The van der Waals surface area contributed by atoms with Gasteiger partial charge in [-0.25, -0.2) is 9.97 Å². The zero-order valence-electron chi connectivity index (χ0n) is 11.9. The molecule has 2 aromatic rings. The summed E-state index contributed by atoms with van der Waals surface area (Å²) in [5, 5.41) is 10.8. The van der Waals surface area contributed by atoms with E-state index < -0.39 is 10.3 Å². The van der Waals surface area contributed by atoms with Crippen molar-refractivity contribution in [3.05, 3.63) is 45.3 Å². The van der Waals surface area contributed by atoms with E-state index in [0.717, 1.165) is 17.6 Å². The third kappa shape index (κ3) is 1.75. The molecular weight excluding hydrogens is 270 g/mol. The van der Waals surface area contributed by atoms with Crippen molar-refractivity contribution in [2.45, 2.75) is 26.2 Å². The lowest BCUT2D eigenvalue weighted by Gasteiger charge is -2.19.